The van der Waals surface area contributed by atoms with Crippen LogP contribution < -0.4 is 0 Å². The quantitative estimate of drug-likeness (QED) is 0.477. The van der Waals surface area contributed by atoms with Gasteiger partial charge in [-0.1, -0.05) is 87.8 Å². The van der Waals surface area contributed by atoms with E-state index in [1.165, 1.54) is 33.4 Å². The number of hydrogen-bond donors (Lipinski definition) is 0. The SMILES string of the molecule is CCc1cc2ccccc(-c3ccc(C(C)(C)C)c(Cl)c3)c-2c1. The molecule has 0 saturated heterocycles. The lowest BCUT2D eigenvalue weighted by atomic mass is 9.86. The number of rotatable bonds is 2. The molecule has 0 atom stereocenters. The summed E-state index contributed by atoms with van der Waals surface area (Å²) < 4.78 is 0. The molecule has 2 aliphatic rings. The summed E-state index contributed by atoms with van der Waals surface area (Å²) in [4.78, 5) is 0. The Kier molecular flexibility index (Phi) is 4.21. The largest absolute Gasteiger partial charge is 0.0840 e. The number of aryl methyl sites for hydroxylation is 1. The average molecular weight is 323 g/mol. The van der Waals surface area contributed by atoms with Crippen LogP contribution in [0.4, 0.5) is 0 Å². The van der Waals surface area contributed by atoms with Crippen molar-refractivity contribution in [3.63, 3.8) is 0 Å². The van der Waals surface area contributed by atoms with Crippen LogP contribution in [0.5, 0.6) is 0 Å². The fourth-order valence-corrected chi connectivity index (χ4v) is 3.57. The minimum Gasteiger partial charge on any atom is -0.0840 e. The summed E-state index contributed by atoms with van der Waals surface area (Å²) in [6.07, 6.45) is 1.06. The van der Waals surface area contributed by atoms with Crippen molar-refractivity contribution in [3.05, 3.63) is 70.7 Å². The van der Waals surface area contributed by atoms with Gasteiger partial charge in [0.2, 0.25) is 0 Å². The molecule has 0 N–H and O–H groups in total. The third kappa shape index (κ3) is 3.14. The molecule has 1 aromatic rings. The Labute approximate surface area is 144 Å². The Morgan fingerprint density at radius 3 is 2.17 bits per heavy atom. The van der Waals surface area contributed by atoms with Crippen LogP contribution in [0.2, 0.25) is 5.02 Å². The Bertz CT molecular complexity index is 809. The summed E-state index contributed by atoms with van der Waals surface area (Å²) in [5, 5.41) is 0.844. The van der Waals surface area contributed by atoms with Gasteiger partial charge in [-0.3, -0.25) is 0 Å². The van der Waals surface area contributed by atoms with Crippen LogP contribution >= 0.6 is 11.6 Å². The van der Waals surface area contributed by atoms with E-state index in [2.05, 4.69) is 82.3 Å². The molecule has 1 aromatic carbocycles. The molecule has 1 heteroatoms. The molecule has 3 rings (SSSR count). The van der Waals surface area contributed by atoms with Crippen LogP contribution in [0, 0.1) is 0 Å². The first-order valence-electron chi connectivity index (χ1n) is 8.22. The van der Waals surface area contributed by atoms with Gasteiger partial charge in [-0.15, -0.1) is 0 Å². The zero-order chi connectivity index (χ0) is 16.6. The van der Waals surface area contributed by atoms with Gasteiger partial charge in [0, 0.05) is 5.02 Å². The normalized spacial score (nSPS) is 11.9. The number of fused-ring (bicyclic) bond motifs is 1. The molecule has 2 aliphatic carbocycles. The summed E-state index contributed by atoms with van der Waals surface area (Å²) in [5.41, 5.74) is 7.64. The van der Waals surface area contributed by atoms with Crippen LogP contribution in [0.15, 0.2) is 54.6 Å². The van der Waals surface area contributed by atoms with Crippen LogP contribution in [0.25, 0.3) is 22.3 Å². The minimum absolute atomic E-state index is 0.0575. The Morgan fingerprint density at radius 2 is 1.52 bits per heavy atom. The monoisotopic (exact) mass is 322 g/mol. The van der Waals surface area contributed by atoms with Crippen molar-refractivity contribution in [2.75, 3.05) is 0 Å². The average Bonchev–Trinajstić information content (AvgIpc) is 2.79. The predicted octanol–water partition coefficient (Wildman–Crippen LogP) is 6.97. The van der Waals surface area contributed by atoms with Gasteiger partial charge in [0.15, 0.2) is 0 Å². The molecular formula is C22H23Cl. The highest BCUT2D eigenvalue weighted by molar-refractivity contribution is 6.31. The van der Waals surface area contributed by atoms with Gasteiger partial charge in [-0.25, -0.2) is 0 Å². The van der Waals surface area contributed by atoms with Crippen molar-refractivity contribution in [3.8, 4) is 22.3 Å². The number of benzene rings is 1. The van der Waals surface area contributed by atoms with Gasteiger partial charge in [-0.05, 0) is 51.3 Å². The molecule has 23 heavy (non-hydrogen) atoms. The topological polar surface area (TPSA) is 0 Å². The van der Waals surface area contributed by atoms with Gasteiger partial charge in [0.1, 0.15) is 0 Å². The third-order valence-corrected chi connectivity index (χ3v) is 4.73. The fourth-order valence-electron chi connectivity index (χ4n) is 3.11. The van der Waals surface area contributed by atoms with Crippen LogP contribution in [-0.2, 0) is 11.8 Å². The highest BCUT2D eigenvalue weighted by Gasteiger charge is 2.18. The van der Waals surface area contributed by atoms with E-state index in [4.69, 9.17) is 11.6 Å². The molecule has 0 nitrogen and oxygen atoms in total. The van der Waals surface area contributed by atoms with Crippen molar-refractivity contribution >= 4 is 11.6 Å². The standard InChI is InChI=1S/C22H23Cl/c1-5-15-12-16-8-6-7-9-18(19(16)13-15)17-10-11-20(21(23)14-17)22(2,3)4/h6-14H,5H2,1-4H3. The highest BCUT2D eigenvalue weighted by atomic mass is 35.5. The van der Waals surface area contributed by atoms with Crippen molar-refractivity contribution in [2.45, 2.75) is 39.5 Å². The van der Waals surface area contributed by atoms with Gasteiger partial charge in [0.25, 0.3) is 0 Å². The van der Waals surface area contributed by atoms with Crippen molar-refractivity contribution < 1.29 is 0 Å². The maximum Gasteiger partial charge on any atom is 0.0449 e. The molecule has 0 aliphatic heterocycles. The maximum atomic E-state index is 6.58. The first kappa shape index (κ1) is 16.1. The molecule has 0 fully saturated rings. The van der Waals surface area contributed by atoms with Crippen LogP contribution in [0.1, 0.15) is 38.8 Å². The Morgan fingerprint density at radius 1 is 0.826 bits per heavy atom. The molecular weight excluding hydrogens is 300 g/mol. The Hall–Kier alpha value is -1.79. The van der Waals surface area contributed by atoms with Gasteiger partial charge in [0.05, 0.1) is 0 Å². The lowest BCUT2D eigenvalue weighted by Gasteiger charge is -2.21. The molecule has 0 amide bonds. The van der Waals surface area contributed by atoms with Crippen molar-refractivity contribution in [1.29, 1.82) is 0 Å². The van der Waals surface area contributed by atoms with E-state index in [0.717, 1.165) is 11.4 Å². The molecule has 0 bridgehead atoms. The molecule has 0 heterocycles. The maximum absolute atomic E-state index is 6.58. The van der Waals surface area contributed by atoms with E-state index in [0.29, 0.717) is 0 Å². The predicted molar refractivity (Wildman–Crippen MR) is 102 cm³/mol. The zero-order valence-corrected chi connectivity index (χ0v) is 15.0. The Balaban J connectivity index is 2.17. The third-order valence-electron chi connectivity index (χ3n) is 4.42. The van der Waals surface area contributed by atoms with Gasteiger partial charge >= 0.3 is 0 Å². The minimum atomic E-state index is 0.0575. The number of hydrogen-bond acceptors (Lipinski definition) is 0. The fraction of sp³-hybridized carbons (Fsp3) is 0.273. The second kappa shape index (κ2) is 6.02. The van der Waals surface area contributed by atoms with E-state index >= 15 is 0 Å². The molecule has 0 spiro atoms. The van der Waals surface area contributed by atoms with Crippen molar-refractivity contribution in [1.82, 2.24) is 0 Å². The van der Waals surface area contributed by atoms with Crippen molar-refractivity contribution in [2.24, 2.45) is 0 Å². The van der Waals surface area contributed by atoms with Gasteiger partial charge in [-0.2, -0.15) is 0 Å². The summed E-state index contributed by atoms with van der Waals surface area (Å²) in [6.45, 7) is 8.78. The van der Waals surface area contributed by atoms with Crippen LogP contribution in [0.3, 0.4) is 0 Å². The van der Waals surface area contributed by atoms with Gasteiger partial charge < -0.3 is 0 Å². The van der Waals surface area contributed by atoms with E-state index < -0.39 is 0 Å². The first-order valence-corrected chi connectivity index (χ1v) is 8.60. The van der Waals surface area contributed by atoms with E-state index in [1.54, 1.807) is 0 Å². The summed E-state index contributed by atoms with van der Waals surface area (Å²) in [5.74, 6) is 0. The number of halogens is 1. The lowest BCUT2D eigenvalue weighted by molar-refractivity contribution is 0.590. The first-order chi connectivity index (χ1) is 10.9. The lowest BCUT2D eigenvalue weighted by Crippen LogP contribution is -2.11. The molecule has 0 radical (unpaired) electrons. The molecule has 118 valence electrons. The van der Waals surface area contributed by atoms with E-state index in [-0.39, 0.29) is 5.41 Å². The summed E-state index contributed by atoms with van der Waals surface area (Å²) >= 11 is 6.58. The molecule has 0 unspecified atom stereocenters. The second-order valence-electron chi connectivity index (χ2n) is 7.16. The second-order valence-corrected chi connectivity index (χ2v) is 7.57. The highest BCUT2D eigenvalue weighted by Crippen LogP contribution is 2.38. The zero-order valence-electron chi connectivity index (χ0n) is 14.3. The summed E-state index contributed by atoms with van der Waals surface area (Å²) in [6, 6.07) is 19.6. The molecule has 0 saturated carbocycles. The summed E-state index contributed by atoms with van der Waals surface area (Å²) in [7, 11) is 0. The smallest absolute Gasteiger partial charge is 0.0449 e. The molecule has 0 aromatic heterocycles. The van der Waals surface area contributed by atoms with Crippen LogP contribution in [-0.4, -0.2) is 0 Å². The van der Waals surface area contributed by atoms with E-state index in [9.17, 15) is 0 Å². The van der Waals surface area contributed by atoms with E-state index in [1.807, 2.05) is 0 Å².